The van der Waals surface area contributed by atoms with Crippen molar-refractivity contribution < 1.29 is 4.79 Å². The molecular formula is C18H23N3O. The molecule has 4 heteroatoms. The number of benzene rings is 1. The molecule has 2 aromatic rings. The lowest BCUT2D eigenvalue weighted by molar-refractivity contribution is 0.0938. The number of carbonyl (C=O) groups is 1. The minimum Gasteiger partial charge on any atom is -0.349 e. The van der Waals surface area contributed by atoms with Gasteiger partial charge in [0.15, 0.2) is 0 Å². The van der Waals surface area contributed by atoms with Crippen LogP contribution in [0, 0.1) is 27.7 Å². The third kappa shape index (κ3) is 3.50. The number of nitrogens with one attached hydrogen (secondary N) is 1. The minimum atomic E-state index is -0.0156. The molecule has 2 rings (SSSR count). The van der Waals surface area contributed by atoms with Gasteiger partial charge in [0.25, 0.3) is 5.91 Å². The zero-order valence-corrected chi connectivity index (χ0v) is 13.9. The van der Waals surface area contributed by atoms with E-state index in [1.807, 2.05) is 34.6 Å². The van der Waals surface area contributed by atoms with Crippen molar-refractivity contribution in [1.29, 1.82) is 0 Å². The Labute approximate surface area is 132 Å². The predicted molar refractivity (Wildman–Crippen MR) is 88.1 cm³/mol. The van der Waals surface area contributed by atoms with Crippen LogP contribution in [0.15, 0.2) is 24.7 Å². The number of hydrogen-bond donors (Lipinski definition) is 1. The molecule has 0 unspecified atom stereocenters. The molecule has 1 amide bonds. The van der Waals surface area contributed by atoms with Gasteiger partial charge in [0.2, 0.25) is 0 Å². The van der Waals surface area contributed by atoms with Gasteiger partial charge in [-0.05, 0) is 56.9 Å². The number of rotatable bonds is 4. The van der Waals surface area contributed by atoms with Gasteiger partial charge < -0.3 is 5.32 Å². The van der Waals surface area contributed by atoms with Crippen LogP contribution in [0.3, 0.4) is 0 Å². The van der Waals surface area contributed by atoms with Crippen LogP contribution < -0.4 is 5.32 Å². The van der Waals surface area contributed by atoms with Crippen molar-refractivity contribution in [1.82, 2.24) is 15.3 Å². The average molecular weight is 297 g/mol. The summed E-state index contributed by atoms with van der Waals surface area (Å²) >= 11 is 0. The maximum atomic E-state index is 12.6. The third-order valence-electron chi connectivity index (χ3n) is 4.10. The summed E-state index contributed by atoms with van der Waals surface area (Å²) in [5.41, 5.74) is 6.07. The zero-order chi connectivity index (χ0) is 16.3. The van der Waals surface area contributed by atoms with Crippen molar-refractivity contribution in [2.45, 2.75) is 47.1 Å². The van der Waals surface area contributed by atoms with E-state index in [1.165, 1.54) is 0 Å². The molecule has 0 fully saturated rings. The second-order valence-corrected chi connectivity index (χ2v) is 5.91. The summed E-state index contributed by atoms with van der Waals surface area (Å²) in [6.07, 6.45) is 5.72. The van der Waals surface area contributed by atoms with Gasteiger partial charge in [-0.25, -0.2) is 0 Å². The van der Waals surface area contributed by atoms with Crippen molar-refractivity contribution >= 4 is 5.91 Å². The summed E-state index contributed by atoms with van der Waals surface area (Å²) < 4.78 is 0. The van der Waals surface area contributed by atoms with Crippen LogP contribution >= 0.6 is 0 Å². The van der Waals surface area contributed by atoms with Crippen LogP contribution in [0.2, 0.25) is 0 Å². The lowest BCUT2D eigenvalue weighted by Gasteiger charge is -2.18. The highest BCUT2D eigenvalue weighted by Crippen LogP contribution is 2.21. The van der Waals surface area contributed by atoms with Gasteiger partial charge in [0.05, 0.1) is 5.69 Å². The van der Waals surface area contributed by atoms with Crippen LogP contribution in [0.1, 0.15) is 45.2 Å². The summed E-state index contributed by atoms with van der Waals surface area (Å²) in [7, 11) is 0. The second-order valence-electron chi connectivity index (χ2n) is 5.91. The van der Waals surface area contributed by atoms with E-state index in [2.05, 4.69) is 21.4 Å². The lowest BCUT2D eigenvalue weighted by Crippen LogP contribution is -2.35. The van der Waals surface area contributed by atoms with E-state index in [0.717, 1.165) is 33.5 Å². The Hall–Kier alpha value is -2.23. The van der Waals surface area contributed by atoms with Crippen molar-refractivity contribution in [2.24, 2.45) is 0 Å². The fraction of sp³-hybridized carbons (Fsp3) is 0.389. The van der Waals surface area contributed by atoms with Crippen LogP contribution in [-0.4, -0.2) is 21.9 Å². The topological polar surface area (TPSA) is 54.9 Å². The molecule has 0 saturated carbocycles. The van der Waals surface area contributed by atoms with Crippen LogP contribution in [0.25, 0.3) is 0 Å². The Kier molecular flexibility index (Phi) is 4.91. The molecule has 4 nitrogen and oxygen atoms in total. The molecule has 0 aliphatic carbocycles. The minimum absolute atomic E-state index is 0.00354. The van der Waals surface area contributed by atoms with Crippen molar-refractivity contribution in [2.75, 3.05) is 0 Å². The number of nitrogens with zero attached hydrogens (tertiary/aromatic N) is 2. The Balaban J connectivity index is 2.16. The maximum absolute atomic E-state index is 12.6. The van der Waals surface area contributed by atoms with Gasteiger partial charge in [0.1, 0.15) is 0 Å². The summed E-state index contributed by atoms with van der Waals surface area (Å²) in [6, 6.07) is 2.13. The highest BCUT2D eigenvalue weighted by atomic mass is 16.1. The largest absolute Gasteiger partial charge is 0.349 e. The molecule has 0 radical (unpaired) electrons. The van der Waals surface area contributed by atoms with Crippen molar-refractivity contribution in [3.63, 3.8) is 0 Å². The monoisotopic (exact) mass is 297 g/mol. The van der Waals surface area contributed by atoms with Crippen LogP contribution in [0.4, 0.5) is 0 Å². The predicted octanol–water partition coefficient (Wildman–Crippen LogP) is 3.07. The Morgan fingerprint density at radius 2 is 1.77 bits per heavy atom. The first-order valence-corrected chi connectivity index (χ1v) is 7.53. The molecule has 1 aromatic carbocycles. The second kappa shape index (κ2) is 6.69. The lowest BCUT2D eigenvalue weighted by atomic mass is 9.93. The Morgan fingerprint density at radius 3 is 2.32 bits per heavy atom. The highest BCUT2D eigenvalue weighted by molar-refractivity contribution is 5.97. The summed E-state index contributed by atoms with van der Waals surface area (Å²) in [5, 5.41) is 3.07. The van der Waals surface area contributed by atoms with Crippen molar-refractivity contribution in [3.8, 4) is 0 Å². The first-order chi connectivity index (χ1) is 10.4. The van der Waals surface area contributed by atoms with Crippen LogP contribution in [-0.2, 0) is 6.42 Å². The first-order valence-electron chi connectivity index (χ1n) is 7.53. The maximum Gasteiger partial charge on any atom is 0.252 e. The fourth-order valence-electron chi connectivity index (χ4n) is 2.65. The molecule has 0 aliphatic rings. The first kappa shape index (κ1) is 16.1. The average Bonchev–Trinajstić information content (AvgIpc) is 2.46. The van der Waals surface area contributed by atoms with E-state index in [0.29, 0.717) is 6.42 Å². The standard InChI is InChI=1S/C18H23N3O/c1-11-8-12(2)15(5)17(14(11)4)18(22)21-13(3)9-16-10-19-6-7-20-16/h6-8,10,13H,9H2,1-5H3,(H,21,22)/t13-/m0/s1. The molecule has 0 spiro atoms. The number of aromatic nitrogens is 2. The summed E-state index contributed by atoms with van der Waals surface area (Å²) in [4.78, 5) is 20.9. The molecule has 1 aromatic heterocycles. The number of amides is 1. The van der Waals surface area contributed by atoms with E-state index in [-0.39, 0.29) is 11.9 Å². The Bertz CT molecular complexity index is 654. The molecule has 22 heavy (non-hydrogen) atoms. The van der Waals surface area contributed by atoms with E-state index < -0.39 is 0 Å². The smallest absolute Gasteiger partial charge is 0.252 e. The fourth-order valence-corrected chi connectivity index (χ4v) is 2.65. The van der Waals surface area contributed by atoms with Gasteiger partial charge in [-0.15, -0.1) is 0 Å². The number of aryl methyl sites for hydroxylation is 2. The number of carbonyl (C=O) groups excluding carboxylic acids is 1. The molecule has 0 bridgehead atoms. The molecular weight excluding hydrogens is 274 g/mol. The zero-order valence-electron chi connectivity index (χ0n) is 13.9. The molecule has 1 N–H and O–H groups in total. The molecule has 116 valence electrons. The van der Waals surface area contributed by atoms with Gasteiger partial charge in [0, 0.05) is 36.6 Å². The van der Waals surface area contributed by atoms with E-state index in [1.54, 1.807) is 18.6 Å². The quantitative estimate of drug-likeness (QED) is 0.943. The van der Waals surface area contributed by atoms with Gasteiger partial charge >= 0.3 is 0 Å². The summed E-state index contributed by atoms with van der Waals surface area (Å²) in [5.74, 6) is -0.0156. The number of hydrogen-bond acceptors (Lipinski definition) is 3. The van der Waals surface area contributed by atoms with E-state index >= 15 is 0 Å². The van der Waals surface area contributed by atoms with Gasteiger partial charge in [-0.1, -0.05) is 6.07 Å². The highest BCUT2D eigenvalue weighted by Gasteiger charge is 2.17. The van der Waals surface area contributed by atoms with E-state index in [4.69, 9.17) is 0 Å². The molecule has 0 saturated heterocycles. The summed E-state index contributed by atoms with van der Waals surface area (Å²) in [6.45, 7) is 10.1. The van der Waals surface area contributed by atoms with E-state index in [9.17, 15) is 4.79 Å². The molecule has 1 atom stereocenters. The van der Waals surface area contributed by atoms with Crippen molar-refractivity contribution in [3.05, 3.63) is 58.2 Å². The van der Waals surface area contributed by atoms with Gasteiger partial charge in [-0.3, -0.25) is 14.8 Å². The molecule has 0 aliphatic heterocycles. The third-order valence-corrected chi connectivity index (χ3v) is 4.10. The van der Waals surface area contributed by atoms with Gasteiger partial charge in [-0.2, -0.15) is 0 Å². The SMILES string of the molecule is Cc1cc(C)c(C)c(C(=O)N[C@@H](C)Cc2cnccn2)c1C. The molecule has 1 heterocycles. The normalized spacial score (nSPS) is 12.0. The van der Waals surface area contributed by atoms with Crippen LogP contribution in [0.5, 0.6) is 0 Å². The Morgan fingerprint density at radius 1 is 1.14 bits per heavy atom.